The Hall–Kier alpha value is -4.31. The van der Waals surface area contributed by atoms with E-state index in [1.807, 2.05) is 65.6 Å². The molecule has 0 aliphatic carbocycles. The molecule has 4 aromatic rings. The van der Waals surface area contributed by atoms with Crippen LogP contribution in [0.25, 0.3) is 10.8 Å². The van der Waals surface area contributed by atoms with E-state index in [9.17, 15) is 9.59 Å². The Morgan fingerprint density at radius 3 is 1.72 bits per heavy atom. The Labute approximate surface area is 336 Å². The summed E-state index contributed by atoms with van der Waals surface area (Å²) in [4.78, 5) is 36.2. The summed E-state index contributed by atoms with van der Waals surface area (Å²) in [6, 6.07) is 28.2. The number of methoxy groups -OCH3 is 1. The van der Waals surface area contributed by atoms with E-state index in [1.54, 1.807) is 19.5 Å². The van der Waals surface area contributed by atoms with Gasteiger partial charge in [0.05, 0.1) is 97.5 Å². The Bertz CT molecular complexity index is 1670. The number of hydrogen-bond donors (Lipinski definition) is 1. The molecule has 1 aromatic heterocycles. The fourth-order valence-corrected chi connectivity index (χ4v) is 6.77. The molecule has 1 aliphatic heterocycles. The fourth-order valence-electron chi connectivity index (χ4n) is 6.77. The average Bonchev–Trinajstić information content (AvgIpc) is 3.25. The Balaban J connectivity index is 1.03. The number of piperazine rings is 1. The lowest BCUT2D eigenvalue weighted by molar-refractivity contribution is -0.123. The molecule has 1 aliphatic rings. The van der Waals surface area contributed by atoms with Crippen molar-refractivity contribution >= 4 is 22.6 Å². The number of nitrogens with one attached hydrogen (secondary N) is 1. The zero-order valence-electron chi connectivity index (χ0n) is 33.1. The van der Waals surface area contributed by atoms with Gasteiger partial charge >= 0.3 is 0 Å². The number of fused-ring (bicyclic) bond motifs is 1. The molecule has 0 radical (unpaired) electrons. The summed E-state index contributed by atoms with van der Waals surface area (Å²) in [6.45, 7) is 8.18. The van der Waals surface area contributed by atoms with Crippen molar-refractivity contribution in [3.63, 3.8) is 0 Å². The van der Waals surface area contributed by atoms with Gasteiger partial charge in [-0.3, -0.25) is 19.5 Å². The fraction of sp³-hybridized carbons (Fsp3) is 0.477. The van der Waals surface area contributed by atoms with Crippen LogP contribution < -0.4 is 5.32 Å². The summed E-state index contributed by atoms with van der Waals surface area (Å²) in [5, 5.41) is 4.82. The van der Waals surface area contributed by atoms with Gasteiger partial charge in [0.2, 0.25) is 5.91 Å². The van der Waals surface area contributed by atoms with Crippen LogP contribution in [0.2, 0.25) is 0 Å². The lowest BCUT2D eigenvalue weighted by Gasteiger charge is -2.45. The van der Waals surface area contributed by atoms with Crippen molar-refractivity contribution < 1.29 is 42.7 Å². The number of hydrogen-bond acceptors (Lipinski definition) is 11. The molecule has 1 atom stereocenters. The van der Waals surface area contributed by atoms with Gasteiger partial charge in [0, 0.05) is 63.5 Å². The predicted molar refractivity (Wildman–Crippen MR) is 217 cm³/mol. The van der Waals surface area contributed by atoms with Gasteiger partial charge in [0.15, 0.2) is 0 Å². The highest BCUT2D eigenvalue weighted by atomic mass is 16.6. The van der Waals surface area contributed by atoms with Crippen molar-refractivity contribution in [1.29, 1.82) is 0 Å². The maximum Gasteiger partial charge on any atom is 0.256 e. The second-order valence-corrected chi connectivity index (χ2v) is 13.5. The number of ether oxygens (including phenoxy) is 7. The highest BCUT2D eigenvalue weighted by Crippen LogP contribution is 2.33. The Morgan fingerprint density at radius 1 is 0.649 bits per heavy atom. The lowest BCUT2D eigenvalue weighted by Crippen LogP contribution is -2.57. The van der Waals surface area contributed by atoms with Crippen molar-refractivity contribution in [2.45, 2.75) is 18.5 Å². The molecule has 2 heterocycles. The minimum absolute atomic E-state index is 0.0785. The molecule has 1 unspecified atom stereocenters. The average molecular weight is 787 g/mol. The van der Waals surface area contributed by atoms with E-state index in [4.69, 9.17) is 33.2 Å². The quantitative estimate of drug-likeness (QED) is 0.0864. The summed E-state index contributed by atoms with van der Waals surface area (Å²) in [5.74, 6) is -0.173. The van der Waals surface area contributed by atoms with Gasteiger partial charge in [0.1, 0.15) is 0 Å². The van der Waals surface area contributed by atoms with E-state index in [0.717, 1.165) is 21.9 Å². The van der Waals surface area contributed by atoms with Crippen LogP contribution >= 0.6 is 0 Å². The molecule has 2 amide bonds. The van der Waals surface area contributed by atoms with Crippen LogP contribution in [0.15, 0.2) is 97.3 Å². The monoisotopic (exact) mass is 786 g/mol. The molecular weight excluding hydrogens is 729 g/mol. The van der Waals surface area contributed by atoms with E-state index in [0.29, 0.717) is 118 Å². The number of benzene rings is 3. The molecule has 3 aromatic carbocycles. The molecule has 1 saturated heterocycles. The van der Waals surface area contributed by atoms with E-state index < -0.39 is 0 Å². The van der Waals surface area contributed by atoms with E-state index in [1.165, 1.54) is 0 Å². The zero-order valence-corrected chi connectivity index (χ0v) is 33.1. The van der Waals surface area contributed by atoms with Gasteiger partial charge < -0.3 is 43.4 Å². The minimum atomic E-state index is -0.241. The molecule has 308 valence electrons. The highest BCUT2D eigenvalue weighted by molar-refractivity contribution is 6.06. The van der Waals surface area contributed by atoms with Crippen LogP contribution in [0.3, 0.4) is 0 Å². The normalized spacial score (nSPS) is 14.7. The van der Waals surface area contributed by atoms with Gasteiger partial charge in [-0.15, -0.1) is 0 Å². The molecule has 1 fully saturated rings. The molecule has 1 N–H and O–H groups in total. The topological polar surface area (TPSA) is 130 Å². The Kier molecular flexibility index (Phi) is 19.9. The molecule has 13 heteroatoms. The number of aromatic nitrogens is 1. The zero-order chi connectivity index (χ0) is 39.8. The summed E-state index contributed by atoms with van der Waals surface area (Å²) >= 11 is 0. The van der Waals surface area contributed by atoms with Crippen molar-refractivity contribution in [2.24, 2.45) is 0 Å². The van der Waals surface area contributed by atoms with Crippen LogP contribution in [0.1, 0.15) is 33.9 Å². The maximum absolute atomic E-state index is 14.1. The molecule has 5 rings (SSSR count). The largest absolute Gasteiger partial charge is 0.382 e. The smallest absolute Gasteiger partial charge is 0.256 e. The van der Waals surface area contributed by atoms with Crippen LogP contribution in [-0.4, -0.2) is 152 Å². The van der Waals surface area contributed by atoms with Crippen molar-refractivity contribution in [2.75, 3.05) is 119 Å². The number of carbonyl (C=O) groups excluding carboxylic acids is 2. The minimum Gasteiger partial charge on any atom is -0.382 e. The first-order chi connectivity index (χ1) is 28.2. The van der Waals surface area contributed by atoms with Gasteiger partial charge in [-0.05, 0) is 16.5 Å². The van der Waals surface area contributed by atoms with Crippen LogP contribution in [0.4, 0.5) is 0 Å². The predicted octanol–water partition coefficient (Wildman–Crippen LogP) is 4.40. The van der Waals surface area contributed by atoms with Gasteiger partial charge in [-0.25, -0.2) is 0 Å². The summed E-state index contributed by atoms with van der Waals surface area (Å²) in [7, 11) is 1.64. The third-order valence-corrected chi connectivity index (χ3v) is 9.56. The third kappa shape index (κ3) is 14.9. The van der Waals surface area contributed by atoms with Crippen molar-refractivity contribution in [3.8, 4) is 0 Å². The van der Waals surface area contributed by atoms with Crippen molar-refractivity contribution in [1.82, 2.24) is 20.1 Å². The van der Waals surface area contributed by atoms with E-state index >= 15 is 0 Å². The molecule has 13 nitrogen and oxygen atoms in total. The molecule has 0 spiro atoms. The standard InChI is InChI=1S/C44H58N4O9/c1-51-20-21-53-24-25-55-28-29-57-31-30-56-27-26-54-23-22-52-19-16-46-42(49)32-39-35-47(44(50)41-34-45-33-38-14-8-9-15-40(38)41)17-18-48(39)43(36-10-4-2-5-11-36)37-12-6-3-7-13-37/h2-15,33-34,39,43H,16-32,35H2,1H3,(H,46,49). The first-order valence-corrected chi connectivity index (χ1v) is 19.9. The number of pyridine rings is 1. The van der Waals surface area contributed by atoms with Crippen molar-refractivity contribution in [3.05, 3.63) is 114 Å². The summed E-state index contributed by atoms with van der Waals surface area (Å²) in [6.07, 6.45) is 3.65. The second-order valence-electron chi connectivity index (χ2n) is 13.5. The third-order valence-electron chi connectivity index (χ3n) is 9.56. The van der Waals surface area contributed by atoms with Gasteiger partial charge in [0.25, 0.3) is 5.91 Å². The van der Waals surface area contributed by atoms with E-state index in [-0.39, 0.29) is 30.3 Å². The number of carbonyl (C=O) groups is 2. The number of rotatable bonds is 27. The van der Waals surface area contributed by atoms with E-state index in [2.05, 4.69) is 39.5 Å². The lowest BCUT2D eigenvalue weighted by atomic mass is 9.93. The maximum atomic E-state index is 14.1. The highest BCUT2D eigenvalue weighted by Gasteiger charge is 2.37. The first kappa shape index (κ1) is 43.8. The van der Waals surface area contributed by atoms with Crippen LogP contribution in [-0.2, 0) is 38.0 Å². The molecular formula is C44H58N4O9. The first-order valence-electron chi connectivity index (χ1n) is 19.9. The molecule has 0 bridgehead atoms. The van der Waals surface area contributed by atoms with Crippen LogP contribution in [0.5, 0.6) is 0 Å². The SMILES string of the molecule is COCCOCCOCCOCCOCCOCCOCCNC(=O)CC1CN(C(=O)c2cncc3ccccc23)CCN1C(c1ccccc1)c1ccccc1. The molecule has 0 saturated carbocycles. The van der Waals surface area contributed by atoms with Crippen LogP contribution in [0, 0.1) is 0 Å². The Morgan fingerprint density at radius 2 is 1.16 bits per heavy atom. The van der Waals surface area contributed by atoms with Gasteiger partial charge in [-0.2, -0.15) is 0 Å². The summed E-state index contributed by atoms with van der Waals surface area (Å²) < 4.78 is 38.0. The second kappa shape index (κ2) is 25.8. The number of amides is 2. The molecule has 57 heavy (non-hydrogen) atoms. The summed E-state index contributed by atoms with van der Waals surface area (Å²) in [5.41, 5.74) is 2.84. The van der Waals surface area contributed by atoms with Gasteiger partial charge in [-0.1, -0.05) is 84.9 Å². The number of nitrogens with zero attached hydrogens (tertiary/aromatic N) is 3.